The third-order valence-electron chi connectivity index (χ3n) is 2.75. The van der Waals surface area contributed by atoms with Crippen molar-refractivity contribution in [2.24, 2.45) is 9.98 Å². The quantitative estimate of drug-likeness (QED) is 0.559. The summed E-state index contributed by atoms with van der Waals surface area (Å²) in [5, 5.41) is 1.88. The van der Waals surface area contributed by atoms with Crippen molar-refractivity contribution >= 4 is 0 Å². The van der Waals surface area contributed by atoms with Gasteiger partial charge in [-0.3, -0.25) is 4.99 Å². The largest absolute Gasteiger partial charge is 0.352 e. The van der Waals surface area contributed by atoms with Crippen LogP contribution in [0.1, 0.15) is 19.8 Å². The number of allylic oxidation sites excluding steroid dienone is 1. The van der Waals surface area contributed by atoms with Gasteiger partial charge in [-0.25, -0.2) is 4.99 Å². The molecule has 0 aliphatic carbocycles. The van der Waals surface area contributed by atoms with Crippen LogP contribution >= 0.6 is 0 Å². The molecule has 0 fully saturated rings. The highest BCUT2D eigenvalue weighted by atomic mass is 16.5. The molecule has 1 aliphatic rings. The Morgan fingerprint density at radius 1 is 1.41 bits per heavy atom. The van der Waals surface area contributed by atoms with Crippen LogP contribution in [0.4, 0.5) is 0 Å². The topological polar surface area (TPSA) is 34.0 Å². The summed E-state index contributed by atoms with van der Waals surface area (Å²) in [4.78, 5) is 9.14. The Morgan fingerprint density at radius 2 is 2.18 bits per heavy atom. The summed E-state index contributed by atoms with van der Waals surface area (Å²) >= 11 is 0. The van der Waals surface area contributed by atoms with Crippen molar-refractivity contribution in [3.8, 4) is 0 Å². The van der Waals surface area contributed by atoms with Crippen LogP contribution in [0.3, 0.4) is 0 Å². The maximum Gasteiger partial charge on any atom is 0.176 e. The minimum atomic E-state index is -0.504. The van der Waals surface area contributed by atoms with Gasteiger partial charge in [-0.1, -0.05) is 18.2 Å². The van der Waals surface area contributed by atoms with Crippen molar-refractivity contribution in [3.05, 3.63) is 47.6 Å². The zero-order valence-corrected chi connectivity index (χ0v) is 10.2. The second-order valence-electron chi connectivity index (χ2n) is 4.37. The van der Waals surface area contributed by atoms with E-state index in [1.54, 1.807) is 0 Å². The van der Waals surface area contributed by atoms with Crippen LogP contribution in [-0.4, -0.2) is 18.9 Å². The summed E-state index contributed by atoms with van der Waals surface area (Å²) in [7, 11) is 0. The molecule has 1 heterocycles. The Morgan fingerprint density at radius 3 is 2.94 bits per heavy atom. The van der Waals surface area contributed by atoms with Crippen molar-refractivity contribution < 1.29 is 4.74 Å². The third-order valence-corrected chi connectivity index (χ3v) is 2.75. The van der Waals surface area contributed by atoms with Crippen LogP contribution in [-0.2, 0) is 4.74 Å². The predicted octanol–water partition coefficient (Wildman–Crippen LogP) is 1.64. The van der Waals surface area contributed by atoms with Gasteiger partial charge in [0.05, 0.1) is 17.3 Å². The van der Waals surface area contributed by atoms with Crippen molar-refractivity contribution in [3.63, 3.8) is 0 Å². The van der Waals surface area contributed by atoms with E-state index in [2.05, 4.69) is 16.6 Å². The Kier molecular flexibility index (Phi) is 3.69. The summed E-state index contributed by atoms with van der Waals surface area (Å²) < 4.78 is 5.82. The van der Waals surface area contributed by atoms with Crippen LogP contribution in [0.5, 0.6) is 0 Å². The monoisotopic (exact) mass is 230 g/mol. The lowest BCUT2D eigenvalue weighted by Crippen LogP contribution is -2.42. The highest BCUT2D eigenvalue weighted by molar-refractivity contribution is 5.03. The number of fused-ring (bicyclic) bond motifs is 1. The van der Waals surface area contributed by atoms with Gasteiger partial charge >= 0.3 is 0 Å². The molecule has 0 spiro atoms. The molecule has 1 aromatic rings. The standard InChI is InChI=1S/C14H18N2O/c1-3-4-7-10-17-14(2)11-15-12-8-5-6-9-13(12)16-14/h3,5-6,8-9H,1,4,7,10-11H2,2H3. The molecule has 1 aromatic carbocycles. The van der Waals surface area contributed by atoms with Gasteiger partial charge in [0.25, 0.3) is 0 Å². The van der Waals surface area contributed by atoms with Crippen LogP contribution in [0.25, 0.3) is 0 Å². The minimum Gasteiger partial charge on any atom is -0.352 e. The number of nitrogens with zero attached hydrogens (tertiary/aromatic N) is 2. The molecule has 0 bridgehead atoms. The first-order chi connectivity index (χ1) is 8.23. The van der Waals surface area contributed by atoms with Crippen LogP contribution in [0, 0.1) is 0 Å². The molecule has 90 valence electrons. The maximum absolute atomic E-state index is 5.82. The number of hydrogen-bond donors (Lipinski definition) is 0. The number of unbranched alkanes of at least 4 members (excludes halogenated alkanes) is 1. The van der Waals surface area contributed by atoms with E-state index < -0.39 is 5.72 Å². The molecule has 0 aromatic heterocycles. The lowest BCUT2D eigenvalue weighted by Gasteiger charge is -2.25. The van der Waals surface area contributed by atoms with Crippen molar-refractivity contribution in [2.45, 2.75) is 25.5 Å². The summed E-state index contributed by atoms with van der Waals surface area (Å²) in [5.41, 5.74) is -0.504. The minimum absolute atomic E-state index is 0.504. The average Bonchev–Trinajstić information content (AvgIpc) is 2.35. The van der Waals surface area contributed by atoms with Gasteiger partial charge in [0.15, 0.2) is 5.72 Å². The summed E-state index contributed by atoms with van der Waals surface area (Å²) in [6.45, 7) is 6.97. The second kappa shape index (κ2) is 5.23. The number of benzene rings is 1. The van der Waals surface area contributed by atoms with Crippen molar-refractivity contribution in [2.75, 3.05) is 13.2 Å². The molecule has 0 saturated heterocycles. The van der Waals surface area contributed by atoms with Gasteiger partial charge < -0.3 is 4.74 Å². The lowest BCUT2D eigenvalue weighted by molar-refractivity contribution is -0.0236. The third kappa shape index (κ3) is 3.01. The first kappa shape index (κ1) is 12.0. The fraction of sp³-hybridized carbons (Fsp3) is 0.429. The van der Waals surface area contributed by atoms with Crippen molar-refractivity contribution in [1.29, 1.82) is 0 Å². The first-order valence-corrected chi connectivity index (χ1v) is 5.98. The SMILES string of the molecule is C=CCCCOC1(C)CN=c2ccccc2=N1. The van der Waals surface area contributed by atoms with E-state index in [0.717, 1.165) is 23.6 Å². The molecule has 1 atom stereocenters. The molecular weight excluding hydrogens is 212 g/mol. The van der Waals surface area contributed by atoms with E-state index in [1.807, 2.05) is 37.3 Å². The van der Waals surface area contributed by atoms with E-state index in [9.17, 15) is 0 Å². The maximum atomic E-state index is 5.82. The fourth-order valence-corrected chi connectivity index (χ4v) is 1.81. The van der Waals surface area contributed by atoms with Gasteiger partial charge in [0.2, 0.25) is 0 Å². The number of para-hydroxylation sites is 2. The zero-order valence-electron chi connectivity index (χ0n) is 10.2. The average molecular weight is 230 g/mol. The smallest absolute Gasteiger partial charge is 0.176 e. The molecule has 0 radical (unpaired) electrons. The summed E-state index contributed by atoms with van der Waals surface area (Å²) in [6, 6.07) is 7.91. The molecule has 0 amide bonds. The van der Waals surface area contributed by atoms with E-state index in [1.165, 1.54) is 0 Å². The highest BCUT2D eigenvalue weighted by Gasteiger charge is 2.24. The summed E-state index contributed by atoms with van der Waals surface area (Å²) in [5.74, 6) is 0. The normalized spacial score (nSPS) is 22.2. The molecular formula is C14H18N2O. The lowest BCUT2D eigenvalue weighted by atomic mass is 10.2. The number of rotatable bonds is 5. The Hall–Kier alpha value is -1.48. The van der Waals surface area contributed by atoms with Crippen LogP contribution in [0.2, 0.25) is 0 Å². The fourth-order valence-electron chi connectivity index (χ4n) is 1.81. The van der Waals surface area contributed by atoms with Gasteiger partial charge in [-0.15, -0.1) is 6.58 Å². The Labute approximate surface area is 102 Å². The van der Waals surface area contributed by atoms with Crippen LogP contribution in [0.15, 0.2) is 46.9 Å². The first-order valence-electron chi connectivity index (χ1n) is 5.98. The van der Waals surface area contributed by atoms with Gasteiger partial charge in [0.1, 0.15) is 0 Å². The Bertz CT molecular complexity index is 509. The highest BCUT2D eigenvalue weighted by Crippen LogP contribution is 2.14. The summed E-state index contributed by atoms with van der Waals surface area (Å²) in [6.07, 6.45) is 3.86. The van der Waals surface area contributed by atoms with Crippen LogP contribution < -0.4 is 10.7 Å². The van der Waals surface area contributed by atoms with E-state index in [0.29, 0.717) is 13.2 Å². The molecule has 1 unspecified atom stereocenters. The van der Waals surface area contributed by atoms with E-state index in [4.69, 9.17) is 4.74 Å². The second-order valence-corrected chi connectivity index (χ2v) is 4.37. The molecule has 17 heavy (non-hydrogen) atoms. The van der Waals surface area contributed by atoms with Gasteiger partial charge in [-0.05, 0) is 31.9 Å². The molecule has 0 N–H and O–H groups in total. The van der Waals surface area contributed by atoms with E-state index >= 15 is 0 Å². The molecule has 1 aliphatic heterocycles. The van der Waals surface area contributed by atoms with Crippen molar-refractivity contribution in [1.82, 2.24) is 0 Å². The molecule has 3 nitrogen and oxygen atoms in total. The molecule has 2 rings (SSSR count). The Balaban J connectivity index is 2.09. The molecule has 3 heteroatoms. The molecule has 0 saturated carbocycles. The number of hydrogen-bond acceptors (Lipinski definition) is 3. The zero-order chi connectivity index (χ0) is 12.1. The predicted molar refractivity (Wildman–Crippen MR) is 67.4 cm³/mol. The van der Waals surface area contributed by atoms with Gasteiger partial charge in [0, 0.05) is 6.61 Å². The number of ether oxygens (including phenoxy) is 1. The van der Waals surface area contributed by atoms with Gasteiger partial charge in [-0.2, -0.15) is 0 Å². The van der Waals surface area contributed by atoms with E-state index in [-0.39, 0.29) is 0 Å².